The number of rotatable bonds is 7. The highest BCUT2D eigenvalue weighted by Crippen LogP contribution is 1.99. The number of aromatic nitrogens is 1. The van der Waals surface area contributed by atoms with Gasteiger partial charge in [0.2, 0.25) is 5.96 Å². The molecule has 3 N–H and O–H groups in total. The lowest BCUT2D eigenvalue weighted by atomic mass is 10.3. The molecule has 0 aliphatic carbocycles. The lowest BCUT2D eigenvalue weighted by Gasteiger charge is -2.20. The Hall–Kier alpha value is -1.66. The minimum Gasteiger partial charge on any atom is -0.382 e. The summed E-state index contributed by atoms with van der Waals surface area (Å²) in [6, 6.07) is 5.83. The molecular formula is C13H23N5O. The van der Waals surface area contributed by atoms with Crippen LogP contribution in [-0.2, 0) is 11.3 Å². The second kappa shape index (κ2) is 9.29. The molecule has 1 heterocycles. The molecule has 1 rings (SSSR count). The average Bonchev–Trinajstić information content (AvgIpc) is 2.44. The summed E-state index contributed by atoms with van der Waals surface area (Å²) < 4.78 is 5.26. The molecule has 0 aliphatic rings. The van der Waals surface area contributed by atoms with Crippen molar-refractivity contribution in [1.82, 2.24) is 15.3 Å². The third-order valence-electron chi connectivity index (χ3n) is 2.53. The van der Waals surface area contributed by atoms with Gasteiger partial charge in [-0.25, -0.2) is 5.84 Å². The summed E-state index contributed by atoms with van der Waals surface area (Å²) in [5, 5.41) is 0. The number of nitrogens with zero attached hydrogens (tertiary/aromatic N) is 3. The molecular weight excluding hydrogens is 242 g/mol. The van der Waals surface area contributed by atoms with Crippen molar-refractivity contribution in [3.63, 3.8) is 0 Å². The molecule has 0 saturated carbocycles. The standard InChI is InChI=1S/C13H23N5O/c1-3-19-10-6-9-16-13(17-14)18(2)11-12-7-4-5-8-15-12/h4-5,7-8H,3,6,9-11,14H2,1-2H3,(H,16,17). The van der Waals surface area contributed by atoms with Crippen molar-refractivity contribution < 1.29 is 4.74 Å². The predicted octanol–water partition coefficient (Wildman–Crippen LogP) is 0.759. The van der Waals surface area contributed by atoms with Gasteiger partial charge < -0.3 is 9.64 Å². The Morgan fingerprint density at radius 3 is 3.00 bits per heavy atom. The van der Waals surface area contributed by atoms with Crippen molar-refractivity contribution in [2.75, 3.05) is 26.8 Å². The summed E-state index contributed by atoms with van der Waals surface area (Å²) in [6.45, 7) is 4.80. The van der Waals surface area contributed by atoms with Gasteiger partial charge in [-0.3, -0.25) is 15.4 Å². The van der Waals surface area contributed by atoms with E-state index in [2.05, 4.69) is 15.4 Å². The highest BCUT2D eigenvalue weighted by atomic mass is 16.5. The predicted molar refractivity (Wildman–Crippen MR) is 76.4 cm³/mol. The maximum Gasteiger partial charge on any atom is 0.208 e. The van der Waals surface area contributed by atoms with Crippen LogP contribution in [-0.4, -0.2) is 42.6 Å². The van der Waals surface area contributed by atoms with Gasteiger partial charge in [0.25, 0.3) is 0 Å². The van der Waals surface area contributed by atoms with Crippen molar-refractivity contribution in [2.45, 2.75) is 19.9 Å². The first-order valence-corrected chi connectivity index (χ1v) is 6.47. The van der Waals surface area contributed by atoms with E-state index in [4.69, 9.17) is 10.6 Å². The van der Waals surface area contributed by atoms with Gasteiger partial charge >= 0.3 is 0 Å². The van der Waals surface area contributed by atoms with E-state index in [9.17, 15) is 0 Å². The van der Waals surface area contributed by atoms with E-state index in [1.165, 1.54) is 0 Å². The number of ether oxygens (including phenoxy) is 1. The van der Waals surface area contributed by atoms with Gasteiger partial charge in [0.1, 0.15) is 0 Å². The third-order valence-corrected chi connectivity index (χ3v) is 2.53. The highest BCUT2D eigenvalue weighted by Gasteiger charge is 2.05. The van der Waals surface area contributed by atoms with Crippen molar-refractivity contribution >= 4 is 5.96 Å². The molecule has 0 atom stereocenters. The van der Waals surface area contributed by atoms with Crippen molar-refractivity contribution in [1.29, 1.82) is 0 Å². The second-order valence-corrected chi connectivity index (χ2v) is 4.08. The van der Waals surface area contributed by atoms with E-state index in [1.807, 2.05) is 37.1 Å². The maximum absolute atomic E-state index is 5.49. The van der Waals surface area contributed by atoms with Gasteiger partial charge in [-0.15, -0.1) is 0 Å². The number of hydrazine groups is 1. The fraction of sp³-hybridized carbons (Fsp3) is 0.538. The Bertz CT molecular complexity index is 369. The molecule has 0 fully saturated rings. The van der Waals surface area contributed by atoms with Gasteiger partial charge in [0.05, 0.1) is 12.2 Å². The van der Waals surface area contributed by atoms with Crippen LogP contribution in [0.4, 0.5) is 0 Å². The third kappa shape index (κ3) is 6.17. The summed E-state index contributed by atoms with van der Waals surface area (Å²) in [5.41, 5.74) is 3.59. The van der Waals surface area contributed by atoms with Crippen LogP contribution in [0.2, 0.25) is 0 Å². The van der Waals surface area contributed by atoms with Crippen molar-refractivity contribution in [3.8, 4) is 0 Å². The first kappa shape index (κ1) is 15.4. The van der Waals surface area contributed by atoms with Crippen LogP contribution >= 0.6 is 0 Å². The monoisotopic (exact) mass is 265 g/mol. The van der Waals surface area contributed by atoms with Gasteiger partial charge in [0, 0.05) is 33.0 Å². The summed E-state index contributed by atoms with van der Waals surface area (Å²) in [7, 11) is 1.93. The van der Waals surface area contributed by atoms with Crippen LogP contribution in [0.5, 0.6) is 0 Å². The molecule has 0 aliphatic heterocycles. The number of guanidine groups is 1. The molecule has 0 aromatic carbocycles. The molecule has 1 aromatic heterocycles. The molecule has 0 amide bonds. The molecule has 6 nitrogen and oxygen atoms in total. The number of hydrogen-bond donors (Lipinski definition) is 2. The summed E-state index contributed by atoms with van der Waals surface area (Å²) in [6.07, 6.45) is 2.66. The minimum atomic E-state index is 0.655. The quantitative estimate of drug-likeness (QED) is 0.250. The van der Waals surface area contributed by atoms with E-state index >= 15 is 0 Å². The van der Waals surface area contributed by atoms with E-state index in [1.54, 1.807) is 6.20 Å². The van der Waals surface area contributed by atoms with E-state index in [0.29, 0.717) is 19.0 Å². The van der Waals surface area contributed by atoms with Crippen LogP contribution in [0.3, 0.4) is 0 Å². The van der Waals surface area contributed by atoms with Crippen LogP contribution < -0.4 is 11.3 Å². The van der Waals surface area contributed by atoms with Crippen LogP contribution in [0, 0.1) is 0 Å². The van der Waals surface area contributed by atoms with Crippen molar-refractivity contribution in [2.24, 2.45) is 10.8 Å². The van der Waals surface area contributed by atoms with Gasteiger partial charge in [-0.2, -0.15) is 0 Å². The summed E-state index contributed by atoms with van der Waals surface area (Å²) >= 11 is 0. The Morgan fingerprint density at radius 2 is 2.37 bits per heavy atom. The SMILES string of the molecule is CCOCCCN=C(NN)N(C)Cc1ccccn1. The molecule has 0 radical (unpaired) electrons. The fourth-order valence-electron chi connectivity index (χ4n) is 1.58. The van der Waals surface area contributed by atoms with Crippen LogP contribution in [0.1, 0.15) is 19.0 Å². The Kier molecular flexibility index (Phi) is 7.53. The molecule has 19 heavy (non-hydrogen) atoms. The highest BCUT2D eigenvalue weighted by molar-refractivity contribution is 5.79. The molecule has 0 bridgehead atoms. The van der Waals surface area contributed by atoms with Crippen LogP contribution in [0.25, 0.3) is 0 Å². The molecule has 6 heteroatoms. The zero-order valence-corrected chi connectivity index (χ0v) is 11.7. The number of nitrogens with one attached hydrogen (secondary N) is 1. The number of nitrogens with two attached hydrogens (primary N) is 1. The first-order chi connectivity index (χ1) is 9.27. The van der Waals surface area contributed by atoms with E-state index in [-0.39, 0.29) is 0 Å². The van der Waals surface area contributed by atoms with Crippen LogP contribution in [0.15, 0.2) is 29.4 Å². The lowest BCUT2D eigenvalue weighted by Crippen LogP contribution is -2.42. The number of aliphatic imine (C=N–C) groups is 1. The van der Waals surface area contributed by atoms with E-state index in [0.717, 1.165) is 25.3 Å². The number of pyridine rings is 1. The van der Waals surface area contributed by atoms with Gasteiger partial charge in [-0.1, -0.05) is 6.07 Å². The number of hydrogen-bond acceptors (Lipinski definition) is 4. The largest absolute Gasteiger partial charge is 0.382 e. The minimum absolute atomic E-state index is 0.655. The summed E-state index contributed by atoms with van der Waals surface area (Å²) in [4.78, 5) is 10.6. The van der Waals surface area contributed by atoms with Crippen molar-refractivity contribution in [3.05, 3.63) is 30.1 Å². The molecule has 0 unspecified atom stereocenters. The van der Waals surface area contributed by atoms with Gasteiger partial charge in [-0.05, 0) is 25.5 Å². The summed E-state index contributed by atoms with van der Waals surface area (Å²) in [5.74, 6) is 6.15. The van der Waals surface area contributed by atoms with E-state index < -0.39 is 0 Å². The molecule has 106 valence electrons. The molecule has 0 spiro atoms. The Balaban J connectivity index is 2.42. The Labute approximate surface area is 114 Å². The van der Waals surface area contributed by atoms with Gasteiger partial charge in [0.15, 0.2) is 0 Å². The zero-order valence-electron chi connectivity index (χ0n) is 11.7. The zero-order chi connectivity index (χ0) is 13.9. The topological polar surface area (TPSA) is 75.8 Å². The maximum atomic E-state index is 5.49. The average molecular weight is 265 g/mol. The first-order valence-electron chi connectivity index (χ1n) is 6.47. The molecule has 0 saturated heterocycles. The lowest BCUT2D eigenvalue weighted by molar-refractivity contribution is 0.146. The normalized spacial score (nSPS) is 11.4. The smallest absolute Gasteiger partial charge is 0.208 e. The second-order valence-electron chi connectivity index (χ2n) is 4.08. The molecule has 1 aromatic rings. The fourth-order valence-corrected chi connectivity index (χ4v) is 1.58. The Morgan fingerprint density at radius 1 is 1.53 bits per heavy atom.